The highest BCUT2D eigenvalue weighted by molar-refractivity contribution is 7.92. The first kappa shape index (κ1) is 17.0. The van der Waals surface area contributed by atoms with Crippen molar-refractivity contribution >= 4 is 27.1 Å². The first-order valence-corrected chi connectivity index (χ1v) is 9.13. The van der Waals surface area contributed by atoms with Gasteiger partial charge in [0.2, 0.25) is 0 Å². The fourth-order valence-corrected chi connectivity index (χ4v) is 3.45. The number of hydrogen-bond donors (Lipinski definition) is 2. The predicted octanol–water partition coefficient (Wildman–Crippen LogP) is 4.68. The molecule has 0 amide bonds. The second-order valence-corrected chi connectivity index (χ2v) is 7.27. The molecule has 0 atom stereocenters. The Morgan fingerprint density at radius 1 is 0.800 bits per heavy atom. The van der Waals surface area contributed by atoms with Crippen LogP contribution in [0.4, 0.5) is 21.5 Å². The van der Waals surface area contributed by atoms with Crippen LogP contribution in [0.3, 0.4) is 0 Å². The number of sulfonamides is 1. The molecule has 0 fully saturated rings. The van der Waals surface area contributed by atoms with E-state index in [4.69, 9.17) is 0 Å². The van der Waals surface area contributed by atoms with Gasteiger partial charge in [-0.3, -0.25) is 4.72 Å². The van der Waals surface area contributed by atoms with Crippen LogP contribution in [-0.2, 0) is 10.0 Å². The third-order valence-corrected chi connectivity index (χ3v) is 5.02. The zero-order chi connectivity index (χ0) is 17.9. The normalized spacial score (nSPS) is 11.1. The van der Waals surface area contributed by atoms with Crippen molar-refractivity contribution in [2.75, 3.05) is 10.0 Å². The third-order valence-electron chi connectivity index (χ3n) is 3.64. The Labute approximate surface area is 146 Å². The lowest BCUT2D eigenvalue weighted by molar-refractivity contribution is 0.598. The highest BCUT2D eigenvalue weighted by Crippen LogP contribution is 2.22. The Morgan fingerprint density at radius 3 is 2.04 bits per heavy atom. The maximum absolute atomic E-state index is 13.3. The Bertz CT molecular complexity index is 972. The molecule has 4 nitrogen and oxygen atoms in total. The lowest BCUT2D eigenvalue weighted by Crippen LogP contribution is -2.13. The lowest BCUT2D eigenvalue weighted by atomic mass is 10.2. The number of para-hydroxylation sites is 1. The first-order chi connectivity index (χ1) is 11.9. The van der Waals surface area contributed by atoms with Crippen LogP contribution in [0.5, 0.6) is 0 Å². The topological polar surface area (TPSA) is 58.2 Å². The van der Waals surface area contributed by atoms with Gasteiger partial charge < -0.3 is 5.32 Å². The van der Waals surface area contributed by atoms with Crippen LogP contribution in [0.1, 0.15) is 5.56 Å². The predicted molar refractivity (Wildman–Crippen MR) is 98.1 cm³/mol. The number of aryl methyl sites for hydroxylation is 1. The van der Waals surface area contributed by atoms with Crippen LogP contribution in [0.2, 0.25) is 0 Å². The zero-order valence-corrected chi connectivity index (χ0v) is 14.3. The highest BCUT2D eigenvalue weighted by Gasteiger charge is 2.15. The molecule has 3 aromatic rings. The van der Waals surface area contributed by atoms with Crippen LogP contribution in [0.25, 0.3) is 0 Å². The first-order valence-electron chi connectivity index (χ1n) is 7.65. The van der Waals surface area contributed by atoms with E-state index in [1.54, 1.807) is 24.3 Å². The number of benzene rings is 3. The molecule has 0 saturated carbocycles. The standard InChI is InChI=1S/C19H17FN2O2S/c1-14-13-18(11-12-19(14)20)25(23,24)22-17-9-7-16(8-10-17)21-15-5-3-2-4-6-15/h2-13,21-22H,1H3. The van der Waals surface area contributed by atoms with E-state index in [1.807, 2.05) is 30.3 Å². The van der Waals surface area contributed by atoms with E-state index in [2.05, 4.69) is 10.0 Å². The molecule has 0 bridgehead atoms. The number of nitrogens with one attached hydrogen (secondary N) is 2. The lowest BCUT2D eigenvalue weighted by Gasteiger charge is -2.11. The zero-order valence-electron chi connectivity index (χ0n) is 13.5. The van der Waals surface area contributed by atoms with E-state index >= 15 is 0 Å². The van der Waals surface area contributed by atoms with Crippen LogP contribution < -0.4 is 10.0 Å². The molecule has 6 heteroatoms. The molecule has 3 rings (SSSR count). The number of halogens is 1. The van der Waals surface area contributed by atoms with E-state index in [1.165, 1.54) is 19.1 Å². The van der Waals surface area contributed by atoms with Gasteiger partial charge in [-0.05, 0) is 67.1 Å². The molecule has 0 aromatic heterocycles. The molecule has 0 spiro atoms. The Hall–Kier alpha value is -2.86. The summed E-state index contributed by atoms with van der Waals surface area (Å²) in [6.07, 6.45) is 0. The van der Waals surface area contributed by atoms with Gasteiger partial charge in [0.1, 0.15) is 5.82 Å². The number of anilines is 3. The minimum absolute atomic E-state index is 0.0258. The van der Waals surface area contributed by atoms with Gasteiger partial charge in [0.05, 0.1) is 4.90 Å². The fraction of sp³-hybridized carbons (Fsp3) is 0.0526. The molecule has 0 unspecified atom stereocenters. The average molecular weight is 356 g/mol. The monoisotopic (exact) mass is 356 g/mol. The SMILES string of the molecule is Cc1cc(S(=O)(=O)Nc2ccc(Nc3ccccc3)cc2)ccc1F. The summed E-state index contributed by atoms with van der Waals surface area (Å²) in [6.45, 7) is 1.53. The molecule has 0 aliphatic heterocycles. The van der Waals surface area contributed by atoms with Crippen LogP contribution in [-0.4, -0.2) is 8.42 Å². The highest BCUT2D eigenvalue weighted by atomic mass is 32.2. The van der Waals surface area contributed by atoms with Crippen molar-refractivity contribution in [1.82, 2.24) is 0 Å². The maximum Gasteiger partial charge on any atom is 0.261 e. The van der Waals surface area contributed by atoms with Gasteiger partial charge in [0.25, 0.3) is 10.0 Å². The van der Waals surface area contributed by atoms with Crippen molar-refractivity contribution in [2.24, 2.45) is 0 Å². The number of rotatable bonds is 5. The van der Waals surface area contributed by atoms with Crippen LogP contribution in [0.15, 0.2) is 77.7 Å². The molecular weight excluding hydrogens is 339 g/mol. The summed E-state index contributed by atoms with van der Waals surface area (Å²) in [6, 6.07) is 20.3. The van der Waals surface area contributed by atoms with E-state index in [0.29, 0.717) is 5.69 Å². The van der Waals surface area contributed by atoms with E-state index in [0.717, 1.165) is 17.4 Å². The summed E-state index contributed by atoms with van der Waals surface area (Å²) >= 11 is 0. The second kappa shape index (κ2) is 6.94. The van der Waals surface area contributed by atoms with Gasteiger partial charge in [0.15, 0.2) is 0 Å². The summed E-state index contributed by atoms with van der Waals surface area (Å²) in [5.74, 6) is -0.435. The molecule has 0 radical (unpaired) electrons. The summed E-state index contributed by atoms with van der Waals surface area (Å²) in [4.78, 5) is 0.0258. The van der Waals surface area contributed by atoms with Crippen molar-refractivity contribution in [3.05, 3.63) is 84.2 Å². The Balaban J connectivity index is 1.75. The molecule has 0 aliphatic carbocycles. The summed E-state index contributed by atoms with van der Waals surface area (Å²) in [7, 11) is -3.76. The minimum Gasteiger partial charge on any atom is -0.356 e. The number of hydrogen-bond acceptors (Lipinski definition) is 3. The molecule has 128 valence electrons. The second-order valence-electron chi connectivity index (χ2n) is 5.58. The molecular formula is C19H17FN2O2S. The van der Waals surface area contributed by atoms with Crippen LogP contribution >= 0.6 is 0 Å². The maximum atomic E-state index is 13.3. The summed E-state index contributed by atoms with van der Waals surface area (Å²) in [5.41, 5.74) is 2.50. The Kier molecular flexibility index (Phi) is 4.72. The molecule has 2 N–H and O–H groups in total. The van der Waals surface area contributed by atoms with Gasteiger partial charge in [-0.15, -0.1) is 0 Å². The van der Waals surface area contributed by atoms with Gasteiger partial charge in [0, 0.05) is 17.1 Å². The molecule has 0 aliphatic rings. The van der Waals surface area contributed by atoms with Gasteiger partial charge in [-0.2, -0.15) is 0 Å². The minimum atomic E-state index is -3.76. The third kappa shape index (κ3) is 4.16. The molecule has 0 heterocycles. The average Bonchev–Trinajstić information content (AvgIpc) is 2.60. The summed E-state index contributed by atoms with van der Waals surface area (Å²) in [5, 5.41) is 3.22. The van der Waals surface area contributed by atoms with Crippen molar-refractivity contribution in [2.45, 2.75) is 11.8 Å². The van der Waals surface area contributed by atoms with Crippen molar-refractivity contribution in [1.29, 1.82) is 0 Å². The fourth-order valence-electron chi connectivity index (χ4n) is 2.31. The Morgan fingerprint density at radius 2 is 1.40 bits per heavy atom. The summed E-state index contributed by atoms with van der Waals surface area (Å²) < 4.78 is 40.6. The van der Waals surface area contributed by atoms with Crippen molar-refractivity contribution in [3.8, 4) is 0 Å². The van der Waals surface area contributed by atoms with E-state index < -0.39 is 15.8 Å². The van der Waals surface area contributed by atoms with Crippen molar-refractivity contribution in [3.63, 3.8) is 0 Å². The van der Waals surface area contributed by atoms with Gasteiger partial charge in [-0.25, -0.2) is 12.8 Å². The quantitative estimate of drug-likeness (QED) is 0.698. The van der Waals surface area contributed by atoms with Crippen LogP contribution in [0, 0.1) is 12.7 Å². The molecule has 0 saturated heterocycles. The van der Waals surface area contributed by atoms with E-state index in [-0.39, 0.29) is 10.5 Å². The largest absolute Gasteiger partial charge is 0.356 e. The van der Waals surface area contributed by atoms with Crippen molar-refractivity contribution < 1.29 is 12.8 Å². The molecule has 25 heavy (non-hydrogen) atoms. The smallest absolute Gasteiger partial charge is 0.261 e. The van der Waals surface area contributed by atoms with Gasteiger partial charge in [-0.1, -0.05) is 18.2 Å². The molecule has 3 aromatic carbocycles. The van der Waals surface area contributed by atoms with E-state index in [9.17, 15) is 12.8 Å². The van der Waals surface area contributed by atoms with Gasteiger partial charge >= 0.3 is 0 Å².